The molecule has 0 atom stereocenters. The molecule has 3 aromatic carbocycles. The first-order chi connectivity index (χ1) is 14.0. The highest BCUT2D eigenvalue weighted by molar-refractivity contribution is 6.35. The molecule has 0 aliphatic rings. The minimum atomic E-state index is -0.293. The van der Waals surface area contributed by atoms with E-state index in [4.69, 9.17) is 27.9 Å². The van der Waals surface area contributed by atoms with Crippen LogP contribution in [0.1, 0.15) is 34.0 Å². The van der Waals surface area contributed by atoms with Gasteiger partial charge >= 0.3 is 0 Å². The molecule has 0 unspecified atom stereocenters. The predicted octanol–water partition coefficient (Wildman–Crippen LogP) is 5.90. The van der Waals surface area contributed by atoms with Crippen LogP contribution < -0.4 is 10.2 Å². The number of carbonyl (C=O) groups excluding carboxylic acids is 1. The summed E-state index contributed by atoms with van der Waals surface area (Å²) in [6, 6.07) is 20.1. The van der Waals surface area contributed by atoms with Crippen LogP contribution in [0.15, 0.2) is 71.8 Å². The van der Waals surface area contributed by atoms with E-state index in [2.05, 4.69) is 17.5 Å². The number of hydrazone groups is 1. The van der Waals surface area contributed by atoms with Crippen LogP contribution in [0.2, 0.25) is 10.0 Å². The first-order valence-corrected chi connectivity index (χ1v) is 9.90. The zero-order chi connectivity index (χ0) is 20.6. The average Bonchev–Trinajstić information content (AvgIpc) is 2.74. The lowest BCUT2D eigenvalue weighted by Gasteiger charge is -2.08. The minimum absolute atomic E-state index is 0.293. The summed E-state index contributed by atoms with van der Waals surface area (Å²) in [7, 11) is 0. The lowest BCUT2D eigenvalue weighted by Crippen LogP contribution is -2.17. The van der Waals surface area contributed by atoms with Crippen molar-refractivity contribution in [2.45, 2.75) is 20.0 Å². The molecule has 1 N–H and O–H groups in total. The van der Waals surface area contributed by atoms with E-state index in [-0.39, 0.29) is 5.91 Å². The van der Waals surface area contributed by atoms with Crippen molar-refractivity contribution in [3.63, 3.8) is 0 Å². The molecule has 0 aromatic heterocycles. The summed E-state index contributed by atoms with van der Waals surface area (Å²) in [5.41, 5.74) is 6.02. The molecular formula is C23H20Cl2N2O2. The minimum Gasteiger partial charge on any atom is -0.489 e. The van der Waals surface area contributed by atoms with Crippen molar-refractivity contribution >= 4 is 35.3 Å². The highest BCUT2D eigenvalue weighted by Gasteiger charge is 2.06. The van der Waals surface area contributed by atoms with Crippen LogP contribution in [0.5, 0.6) is 5.75 Å². The van der Waals surface area contributed by atoms with Crippen LogP contribution in [-0.4, -0.2) is 12.1 Å². The fourth-order valence-corrected chi connectivity index (χ4v) is 3.03. The molecule has 1 amide bonds. The van der Waals surface area contributed by atoms with Crippen molar-refractivity contribution in [2.75, 3.05) is 0 Å². The Morgan fingerprint density at radius 3 is 2.41 bits per heavy atom. The van der Waals surface area contributed by atoms with Gasteiger partial charge in [-0.15, -0.1) is 0 Å². The molecule has 0 bridgehead atoms. The van der Waals surface area contributed by atoms with Gasteiger partial charge in [0.2, 0.25) is 0 Å². The molecule has 0 spiro atoms. The summed E-state index contributed by atoms with van der Waals surface area (Å²) in [5, 5.41) is 5.14. The lowest BCUT2D eigenvalue weighted by atomic mass is 10.1. The number of carbonyl (C=O) groups is 1. The standard InChI is InChI=1S/C23H20Cl2N2O2/c1-2-16-3-5-17(6-4-16)14-26-27-23(28)18-8-11-21(12-9-18)29-15-19-7-10-20(24)13-22(19)25/h3-14H,2,15H2,1H3,(H,27,28)/b26-14-. The quantitative estimate of drug-likeness (QED) is 0.377. The zero-order valence-corrected chi connectivity index (χ0v) is 17.4. The van der Waals surface area contributed by atoms with Crippen LogP contribution in [0, 0.1) is 0 Å². The second-order valence-corrected chi connectivity index (χ2v) is 7.19. The first-order valence-electron chi connectivity index (χ1n) is 9.14. The van der Waals surface area contributed by atoms with Gasteiger partial charge in [0.05, 0.1) is 6.21 Å². The van der Waals surface area contributed by atoms with Gasteiger partial charge in [-0.1, -0.05) is 60.5 Å². The SMILES string of the molecule is CCc1ccc(/C=N\NC(=O)c2ccc(OCc3ccc(Cl)cc3Cl)cc2)cc1. The summed E-state index contributed by atoms with van der Waals surface area (Å²) >= 11 is 12.0. The number of ether oxygens (including phenoxy) is 1. The second-order valence-electron chi connectivity index (χ2n) is 6.34. The molecular weight excluding hydrogens is 407 g/mol. The molecule has 0 saturated carbocycles. The van der Waals surface area contributed by atoms with Crippen LogP contribution >= 0.6 is 23.2 Å². The van der Waals surface area contributed by atoms with E-state index in [1.54, 1.807) is 42.6 Å². The number of aryl methyl sites for hydroxylation is 1. The summed E-state index contributed by atoms with van der Waals surface area (Å²) in [5.74, 6) is 0.339. The third-order valence-corrected chi connectivity index (χ3v) is 4.88. The average molecular weight is 427 g/mol. The number of benzene rings is 3. The van der Waals surface area contributed by atoms with Crippen LogP contribution in [0.25, 0.3) is 0 Å². The first kappa shape index (κ1) is 20.9. The van der Waals surface area contributed by atoms with Crippen LogP contribution in [-0.2, 0) is 13.0 Å². The normalized spacial score (nSPS) is 10.9. The van der Waals surface area contributed by atoms with Gasteiger partial charge in [-0.2, -0.15) is 5.10 Å². The fourth-order valence-electron chi connectivity index (χ4n) is 2.57. The van der Waals surface area contributed by atoms with Gasteiger partial charge in [-0.3, -0.25) is 4.79 Å². The van der Waals surface area contributed by atoms with E-state index in [1.807, 2.05) is 30.3 Å². The van der Waals surface area contributed by atoms with Crippen LogP contribution in [0.3, 0.4) is 0 Å². The van der Waals surface area contributed by atoms with E-state index >= 15 is 0 Å². The van der Waals surface area contributed by atoms with Crippen molar-refractivity contribution < 1.29 is 9.53 Å². The Labute approximate surface area is 180 Å². The third kappa shape index (κ3) is 6.08. The number of amides is 1. The summed E-state index contributed by atoms with van der Waals surface area (Å²) in [6.07, 6.45) is 2.60. The Bertz CT molecular complexity index is 1000. The third-order valence-electron chi connectivity index (χ3n) is 4.29. The molecule has 0 fully saturated rings. The fraction of sp³-hybridized carbons (Fsp3) is 0.130. The van der Waals surface area contributed by atoms with E-state index in [0.717, 1.165) is 17.5 Å². The smallest absolute Gasteiger partial charge is 0.271 e. The monoisotopic (exact) mass is 426 g/mol. The molecule has 29 heavy (non-hydrogen) atoms. The van der Waals surface area contributed by atoms with Gasteiger partial charge in [0.1, 0.15) is 12.4 Å². The van der Waals surface area contributed by atoms with Gasteiger partial charge in [0.15, 0.2) is 0 Å². The molecule has 4 nitrogen and oxygen atoms in total. The number of hydrogen-bond donors (Lipinski definition) is 1. The molecule has 148 valence electrons. The van der Waals surface area contributed by atoms with Gasteiger partial charge in [-0.05, 0) is 53.9 Å². The van der Waals surface area contributed by atoms with E-state index in [1.165, 1.54) is 5.56 Å². The molecule has 6 heteroatoms. The highest BCUT2D eigenvalue weighted by atomic mass is 35.5. The van der Waals surface area contributed by atoms with E-state index < -0.39 is 0 Å². The number of nitrogens with one attached hydrogen (secondary N) is 1. The van der Waals surface area contributed by atoms with Gasteiger partial charge in [0.25, 0.3) is 5.91 Å². The number of nitrogens with zero attached hydrogens (tertiary/aromatic N) is 1. The van der Waals surface area contributed by atoms with Gasteiger partial charge in [-0.25, -0.2) is 5.43 Å². The Morgan fingerprint density at radius 2 is 1.76 bits per heavy atom. The van der Waals surface area contributed by atoms with Crippen molar-refractivity contribution in [1.29, 1.82) is 0 Å². The number of rotatable bonds is 7. The molecule has 3 rings (SSSR count). The van der Waals surface area contributed by atoms with Crippen molar-refractivity contribution in [2.24, 2.45) is 5.10 Å². The van der Waals surface area contributed by atoms with E-state index in [9.17, 15) is 4.79 Å². The van der Waals surface area contributed by atoms with Gasteiger partial charge in [0, 0.05) is 21.2 Å². The topological polar surface area (TPSA) is 50.7 Å². The van der Waals surface area contributed by atoms with Gasteiger partial charge < -0.3 is 4.74 Å². The number of hydrogen-bond acceptors (Lipinski definition) is 3. The lowest BCUT2D eigenvalue weighted by molar-refractivity contribution is 0.0955. The molecule has 0 heterocycles. The maximum absolute atomic E-state index is 12.2. The highest BCUT2D eigenvalue weighted by Crippen LogP contribution is 2.23. The Morgan fingerprint density at radius 1 is 1.03 bits per heavy atom. The summed E-state index contributed by atoms with van der Waals surface area (Å²) < 4.78 is 5.72. The van der Waals surface area contributed by atoms with Crippen molar-refractivity contribution in [1.82, 2.24) is 5.43 Å². The number of halogens is 2. The van der Waals surface area contributed by atoms with Crippen molar-refractivity contribution in [3.8, 4) is 5.75 Å². The molecule has 0 radical (unpaired) electrons. The Balaban J connectivity index is 1.53. The second kappa shape index (κ2) is 10.1. The van der Waals surface area contributed by atoms with Crippen LogP contribution in [0.4, 0.5) is 0 Å². The molecule has 0 saturated heterocycles. The Kier molecular flexibility index (Phi) is 7.28. The summed E-state index contributed by atoms with van der Waals surface area (Å²) in [4.78, 5) is 12.2. The largest absolute Gasteiger partial charge is 0.489 e. The maximum atomic E-state index is 12.2. The van der Waals surface area contributed by atoms with E-state index in [0.29, 0.717) is 28.0 Å². The molecule has 0 aliphatic carbocycles. The zero-order valence-electron chi connectivity index (χ0n) is 15.9. The predicted molar refractivity (Wildman–Crippen MR) is 118 cm³/mol. The molecule has 3 aromatic rings. The molecule has 0 aliphatic heterocycles. The van der Waals surface area contributed by atoms with Crippen molar-refractivity contribution in [3.05, 3.63) is 99.0 Å². The Hall–Kier alpha value is -2.82. The summed E-state index contributed by atoms with van der Waals surface area (Å²) in [6.45, 7) is 2.41. The maximum Gasteiger partial charge on any atom is 0.271 e.